The molecular formula is C30H24N6O3S. The van der Waals surface area contributed by atoms with Crippen LogP contribution in [0.5, 0.6) is 0 Å². The van der Waals surface area contributed by atoms with Crippen molar-refractivity contribution in [2.45, 2.75) is 17.7 Å². The Morgan fingerprint density at radius 1 is 0.975 bits per heavy atom. The van der Waals surface area contributed by atoms with Gasteiger partial charge in [0.05, 0.1) is 27.1 Å². The molecule has 0 spiro atoms. The minimum atomic E-state index is -3.64. The summed E-state index contributed by atoms with van der Waals surface area (Å²) in [5.74, 6) is 0.134. The second-order valence-corrected chi connectivity index (χ2v) is 11.4. The minimum absolute atomic E-state index is 0.134. The van der Waals surface area contributed by atoms with E-state index in [1.165, 1.54) is 4.31 Å². The highest BCUT2D eigenvalue weighted by atomic mass is 32.2. The van der Waals surface area contributed by atoms with Gasteiger partial charge in [0.25, 0.3) is 5.56 Å². The van der Waals surface area contributed by atoms with E-state index in [-0.39, 0.29) is 21.9 Å². The van der Waals surface area contributed by atoms with E-state index in [0.29, 0.717) is 40.8 Å². The van der Waals surface area contributed by atoms with E-state index >= 15 is 0 Å². The van der Waals surface area contributed by atoms with Crippen molar-refractivity contribution < 1.29 is 8.42 Å². The number of hydrogen-bond donors (Lipinski definition) is 1. The van der Waals surface area contributed by atoms with Gasteiger partial charge in [-0.3, -0.25) is 4.79 Å². The van der Waals surface area contributed by atoms with Crippen LogP contribution in [-0.4, -0.2) is 45.6 Å². The number of hydrogen-bond acceptors (Lipinski definition) is 6. The van der Waals surface area contributed by atoms with Crippen LogP contribution in [0.15, 0.2) is 94.7 Å². The maximum atomic E-state index is 13.3. The third-order valence-corrected chi connectivity index (χ3v) is 8.76. The van der Waals surface area contributed by atoms with Gasteiger partial charge in [0.1, 0.15) is 11.8 Å². The van der Waals surface area contributed by atoms with E-state index < -0.39 is 10.0 Å². The Morgan fingerprint density at radius 2 is 1.73 bits per heavy atom. The second-order valence-electron chi connectivity index (χ2n) is 9.45. The summed E-state index contributed by atoms with van der Waals surface area (Å²) >= 11 is 0. The highest BCUT2D eigenvalue weighted by Crippen LogP contribution is 2.30. The van der Waals surface area contributed by atoms with Gasteiger partial charge in [0, 0.05) is 30.4 Å². The van der Waals surface area contributed by atoms with Crippen LogP contribution in [0, 0.1) is 11.3 Å². The first-order valence-electron chi connectivity index (χ1n) is 12.8. The van der Waals surface area contributed by atoms with Crippen LogP contribution in [0.3, 0.4) is 0 Å². The number of aromatic nitrogens is 4. The molecule has 0 aliphatic carbocycles. The lowest BCUT2D eigenvalue weighted by Gasteiger charge is -2.16. The molecule has 1 aliphatic rings. The third kappa shape index (κ3) is 4.73. The van der Waals surface area contributed by atoms with E-state index in [4.69, 9.17) is 5.10 Å². The first-order chi connectivity index (χ1) is 19.4. The van der Waals surface area contributed by atoms with Gasteiger partial charge < -0.3 is 4.98 Å². The fourth-order valence-electron chi connectivity index (χ4n) is 4.83. The molecule has 1 aliphatic heterocycles. The molecule has 1 N–H and O–H groups in total. The van der Waals surface area contributed by atoms with Crippen LogP contribution in [-0.2, 0) is 10.0 Å². The van der Waals surface area contributed by atoms with Crippen molar-refractivity contribution in [2.75, 3.05) is 13.1 Å². The van der Waals surface area contributed by atoms with Crippen molar-refractivity contribution in [1.82, 2.24) is 24.1 Å². The van der Waals surface area contributed by atoms with E-state index in [9.17, 15) is 18.5 Å². The molecule has 40 heavy (non-hydrogen) atoms. The molecule has 198 valence electrons. The predicted octanol–water partition coefficient (Wildman–Crippen LogP) is 4.62. The fraction of sp³-hybridized carbons (Fsp3) is 0.133. The molecule has 1 saturated heterocycles. The molecule has 3 heterocycles. The Labute approximate surface area is 230 Å². The zero-order valence-electron chi connectivity index (χ0n) is 21.4. The van der Waals surface area contributed by atoms with E-state index in [1.54, 1.807) is 65.5 Å². The second kappa shape index (κ2) is 10.4. The van der Waals surface area contributed by atoms with Crippen LogP contribution < -0.4 is 5.56 Å². The first kappa shape index (κ1) is 25.4. The summed E-state index contributed by atoms with van der Waals surface area (Å²) in [4.78, 5) is 20.1. The lowest BCUT2D eigenvalue weighted by atomic mass is 10.1. The number of allylic oxidation sites excluding steroid dienone is 1. The summed E-state index contributed by atoms with van der Waals surface area (Å²) in [7, 11) is -3.64. The third-order valence-electron chi connectivity index (χ3n) is 6.86. The predicted molar refractivity (Wildman–Crippen MR) is 153 cm³/mol. The molecule has 6 rings (SSSR count). The van der Waals surface area contributed by atoms with Crippen LogP contribution in [0.2, 0.25) is 0 Å². The summed E-state index contributed by atoms with van der Waals surface area (Å²) in [5.41, 5.74) is 2.69. The molecule has 0 bridgehead atoms. The van der Waals surface area contributed by atoms with Gasteiger partial charge >= 0.3 is 0 Å². The normalized spacial score (nSPS) is 14.4. The van der Waals surface area contributed by atoms with E-state index in [1.807, 2.05) is 30.3 Å². The van der Waals surface area contributed by atoms with Crippen molar-refractivity contribution >= 4 is 32.6 Å². The molecular weight excluding hydrogens is 524 g/mol. The topological polar surface area (TPSA) is 125 Å². The molecule has 0 amide bonds. The molecule has 0 radical (unpaired) electrons. The Bertz CT molecular complexity index is 1960. The van der Waals surface area contributed by atoms with Crippen LogP contribution in [0.4, 0.5) is 0 Å². The summed E-state index contributed by atoms with van der Waals surface area (Å²) in [5, 5.41) is 15.3. The van der Waals surface area contributed by atoms with Crippen LogP contribution >= 0.6 is 0 Å². The van der Waals surface area contributed by atoms with Gasteiger partial charge in [-0.15, -0.1) is 0 Å². The molecule has 1 fully saturated rings. The number of aromatic amines is 1. The van der Waals surface area contributed by atoms with Crippen LogP contribution in [0.1, 0.15) is 24.2 Å². The SMILES string of the molecule is N#CC(=Cc1cn(-c2ccccc2)nc1-c1cccc(S(=O)(=O)N2CCCC2)c1)c1nc2ccccc2c(=O)[nH]1. The van der Waals surface area contributed by atoms with Crippen molar-refractivity contribution in [1.29, 1.82) is 5.26 Å². The number of fused-ring (bicyclic) bond motifs is 1. The average Bonchev–Trinajstić information content (AvgIpc) is 3.68. The molecule has 10 heteroatoms. The minimum Gasteiger partial charge on any atom is -0.305 e. The summed E-state index contributed by atoms with van der Waals surface area (Å²) in [6, 6.07) is 25.2. The monoisotopic (exact) mass is 548 g/mol. The lowest BCUT2D eigenvalue weighted by Crippen LogP contribution is -2.27. The van der Waals surface area contributed by atoms with Crippen molar-refractivity contribution in [3.05, 3.63) is 107 Å². The maximum Gasteiger partial charge on any atom is 0.259 e. The number of nitrogens with zero attached hydrogens (tertiary/aromatic N) is 5. The highest BCUT2D eigenvalue weighted by molar-refractivity contribution is 7.89. The van der Waals surface area contributed by atoms with Crippen molar-refractivity contribution in [3.63, 3.8) is 0 Å². The summed E-state index contributed by atoms with van der Waals surface area (Å²) < 4.78 is 29.7. The van der Waals surface area contributed by atoms with Crippen molar-refractivity contribution in [3.8, 4) is 23.0 Å². The number of H-pyrrole nitrogens is 1. The molecule has 2 aromatic heterocycles. The van der Waals surface area contributed by atoms with E-state index in [0.717, 1.165) is 18.5 Å². The molecule has 9 nitrogen and oxygen atoms in total. The Morgan fingerprint density at radius 3 is 2.50 bits per heavy atom. The van der Waals surface area contributed by atoms with Gasteiger partial charge in [-0.1, -0.05) is 42.5 Å². The zero-order chi connectivity index (χ0) is 27.7. The largest absolute Gasteiger partial charge is 0.305 e. The molecule has 0 unspecified atom stereocenters. The van der Waals surface area contributed by atoms with Gasteiger partial charge in [-0.05, 0) is 55.3 Å². The molecule has 0 atom stereocenters. The maximum absolute atomic E-state index is 13.3. The van der Waals surface area contributed by atoms with Crippen LogP contribution in [0.25, 0.3) is 39.5 Å². The Balaban J connectivity index is 1.50. The summed E-state index contributed by atoms with van der Waals surface area (Å²) in [6.07, 6.45) is 5.06. The number of benzene rings is 3. The van der Waals surface area contributed by atoms with Gasteiger partial charge in [-0.25, -0.2) is 18.1 Å². The number of nitrogens with one attached hydrogen (secondary N) is 1. The van der Waals surface area contributed by atoms with Gasteiger partial charge in [-0.2, -0.15) is 14.7 Å². The Kier molecular flexibility index (Phi) is 6.59. The molecule has 3 aromatic carbocycles. The average molecular weight is 549 g/mol. The first-order valence-corrected chi connectivity index (χ1v) is 14.2. The number of sulfonamides is 1. The smallest absolute Gasteiger partial charge is 0.259 e. The molecule has 5 aromatic rings. The standard InChI is InChI=1S/C30H24N6O3S/c31-19-22(29-32-27-14-5-4-13-26(27)30(37)33-29)17-23-20-36(24-10-2-1-3-11-24)34-28(23)21-9-8-12-25(18-21)40(38,39)35-15-6-7-16-35/h1-5,8-14,17-18,20H,6-7,15-16H2,(H,32,33,37). The van der Waals surface area contributed by atoms with E-state index in [2.05, 4.69) is 16.0 Å². The quantitative estimate of drug-likeness (QED) is 0.309. The fourth-order valence-corrected chi connectivity index (χ4v) is 6.40. The Hall–Kier alpha value is -4.85. The van der Waals surface area contributed by atoms with Gasteiger partial charge in [0.15, 0.2) is 5.82 Å². The molecule has 0 saturated carbocycles. The number of nitriles is 1. The summed E-state index contributed by atoms with van der Waals surface area (Å²) in [6.45, 7) is 1.01. The number of rotatable bonds is 6. The number of para-hydroxylation sites is 2. The van der Waals surface area contributed by atoms with Crippen molar-refractivity contribution in [2.24, 2.45) is 0 Å². The van der Waals surface area contributed by atoms with Gasteiger partial charge in [0.2, 0.25) is 10.0 Å². The lowest BCUT2D eigenvalue weighted by molar-refractivity contribution is 0.477. The highest BCUT2D eigenvalue weighted by Gasteiger charge is 2.27. The zero-order valence-corrected chi connectivity index (χ0v) is 22.2.